The molecule has 0 atom stereocenters. The third-order valence-corrected chi connectivity index (χ3v) is 5.45. The molecule has 0 N–H and O–H groups in total. The van der Waals surface area contributed by atoms with E-state index in [1.54, 1.807) is 6.07 Å². The molecule has 4 aromatic rings. The zero-order valence-corrected chi connectivity index (χ0v) is 15.9. The van der Waals surface area contributed by atoms with Crippen molar-refractivity contribution in [2.75, 3.05) is 0 Å². The molecule has 0 aliphatic rings. The molecule has 0 bridgehead atoms. The maximum atomic E-state index is 15.1. The first-order chi connectivity index (χ1) is 12.8. The standard InChI is InChI=1S/C24H23FN/c1-14-10-15(2)17(4)20(11-14)24-23-19-9-7-6-8-18(19)13-22(25)21(23)12-16(3)26(24)5/h6-13H,1-5H3/q+1/i12D. The van der Waals surface area contributed by atoms with Crippen LogP contribution >= 0.6 is 0 Å². The Morgan fingerprint density at radius 1 is 0.962 bits per heavy atom. The number of rotatable bonds is 1. The molecule has 2 heteroatoms. The first-order valence-electron chi connectivity index (χ1n) is 9.39. The minimum Gasteiger partial charge on any atom is -0.206 e. The van der Waals surface area contributed by atoms with Crippen LogP contribution in [0.15, 0.2) is 48.5 Å². The van der Waals surface area contributed by atoms with Crippen LogP contribution in [0.2, 0.25) is 0 Å². The van der Waals surface area contributed by atoms with Gasteiger partial charge in [-0.2, -0.15) is 4.57 Å². The van der Waals surface area contributed by atoms with Gasteiger partial charge >= 0.3 is 0 Å². The summed E-state index contributed by atoms with van der Waals surface area (Å²) in [4.78, 5) is 0. The summed E-state index contributed by atoms with van der Waals surface area (Å²) in [6.07, 6.45) is 0. The molecule has 3 aromatic carbocycles. The average Bonchev–Trinajstić information content (AvgIpc) is 2.63. The lowest BCUT2D eigenvalue weighted by molar-refractivity contribution is -0.665. The number of benzene rings is 3. The Hall–Kier alpha value is -2.74. The molecular formula is C24H23FN+. The van der Waals surface area contributed by atoms with Crippen LogP contribution in [0.5, 0.6) is 0 Å². The molecule has 0 fully saturated rings. The van der Waals surface area contributed by atoms with Gasteiger partial charge in [-0.15, -0.1) is 0 Å². The minimum atomic E-state index is -0.333. The molecule has 1 aromatic heterocycles. The van der Waals surface area contributed by atoms with Crippen LogP contribution in [0.3, 0.4) is 0 Å². The average molecular weight is 345 g/mol. The number of hydrogen-bond donors (Lipinski definition) is 0. The fraction of sp³-hybridized carbons (Fsp3) is 0.208. The molecule has 0 radical (unpaired) electrons. The van der Waals surface area contributed by atoms with Gasteiger partial charge in [0.25, 0.3) is 0 Å². The Balaban J connectivity index is 2.35. The van der Waals surface area contributed by atoms with Gasteiger partial charge in [0, 0.05) is 18.4 Å². The van der Waals surface area contributed by atoms with Crippen LogP contribution in [0.4, 0.5) is 4.39 Å². The highest BCUT2D eigenvalue weighted by molar-refractivity contribution is 6.13. The zero-order valence-electron chi connectivity index (χ0n) is 16.9. The predicted molar refractivity (Wildman–Crippen MR) is 107 cm³/mol. The van der Waals surface area contributed by atoms with Gasteiger partial charge in [-0.1, -0.05) is 35.9 Å². The van der Waals surface area contributed by atoms with Gasteiger partial charge < -0.3 is 0 Å². The van der Waals surface area contributed by atoms with E-state index in [9.17, 15) is 0 Å². The highest BCUT2D eigenvalue weighted by Crippen LogP contribution is 2.36. The van der Waals surface area contributed by atoms with Crippen molar-refractivity contribution in [2.45, 2.75) is 27.7 Å². The maximum absolute atomic E-state index is 15.1. The van der Waals surface area contributed by atoms with Crippen LogP contribution in [-0.2, 0) is 7.05 Å². The highest BCUT2D eigenvalue weighted by atomic mass is 19.1. The smallest absolute Gasteiger partial charge is 0.206 e. The Morgan fingerprint density at radius 3 is 2.46 bits per heavy atom. The Bertz CT molecular complexity index is 1240. The largest absolute Gasteiger partial charge is 0.221 e. The number of pyridine rings is 1. The summed E-state index contributed by atoms with van der Waals surface area (Å²) >= 11 is 0. The second-order valence-corrected chi connectivity index (χ2v) is 7.20. The van der Waals surface area contributed by atoms with Crippen LogP contribution in [0.25, 0.3) is 32.8 Å². The zero-order chi connectivity index (χ0) is 19.5. The first kappa shape index (κ1) is 15.5. The van der Waals surface area contributed by atoms with Gasteiger partial charge in [0.05, 0.1) is 12.3 Å². The van der Waals surface area contributed by atoms with E-state index in [4.69, 9.17) is 1.37 Å². The normalized spacial score (nSPS) is 12.0. The van der Waals surface area contributed by atoms with Gasteiger partial charge in [0.2, 0.25) is 5.69 Å². The van der Waals surface area contributed by atoms with Crippen molar-refractivity contribution in [3.05, 3.63) is 76.7 Å². The van der Waals surface area contributed by atoms with E-state index in [0.717, 1.165) is 33.1 Å². The van der Waals surface area contributed by atoms with Gasteiger partial charge in [-0.25, -0.2) is 4.39 Å². The molecule has 0 aliphatic heterocycles. The number of nitrogens with zero attached hydrogens (tertiary/aromatic N) is 1. The number of halogens is 1. The molecule has 0 amide bonds. The molecule has 1 nitrogen and oxygen atoms in total. The van der Waals surface area contributed by atoms with Crippen LogP contribution in [0, 0.1) is 33.5 Å². The van der Waals surface area contributed by atoms with Gasteiger partial charge in [-0.3, -0.25) is 0 Å². The van der Waals surface area contributed by atoms with E-state index < -0.39 is 0 Å². The first-order valence-corrected chi connectivity index (χ1v) is 8.89. The summed E-state index contributed by atoms with van der Waals surface area (Å²) in [7, 11) is 1.97. The molecule has 0 saturated carbocycles. The number of aromatic nitrogens is 1. The molecule has 0 unspecified atom stereocenters. The van der Waals surface area contributed by atoms with E-state index in [0.29, 0.717) is 5.39 Å². The van der Waals surface area contributed by atoms with Gasteiger partial charge in [0.1, 0.15) is 12.9 Å². The van der Waals surface area contributed by atoms with E-state index >= 15 is 4.39 Å². The monoisotopic (exact) mass is 345 g/mol. The lowest BCUT2D eigenvalue weighted by Gasteiger charge is -2.14. The molecule has 0 saturated heterocycles. The molecular weight excluding hydrogens is 321 g/mol. The molecule has 1 heterocycles. The fourth-order valence-electron chi connectivity index (χ4n) is 3.88. The SMILES string of the molecule is [2H]c1c(C)[n+](C)c(-c2cc(C)cc(C)c2C)c2c1c(F)cc1ccccc12. The third-order valence-electron chi connectivity index (χ3n) is 5.45. The summed E-state index contributed by atoms with van der Waals surface area (Å²) in [6, 6.07) is 14.0. The van der Waals surface area contributed by atoms with Crippen molar-refractivity contribution in [1.29, 1.82) is 0 Å². The number of aryl methyl sites for hydroxylation is 2. The van der Waals surface area contributed by atoms with E-state index in [-0.39, 0.29) is 11.9 Å². The summed E-state index contributed by atoms with van der Waals surface area (Å²) in [6.45, 7) is 8.19. The second-order valence-electron chi connectivity index (χ2n) is 7.20. The molecule has 26 heavy (non-hydrogen) atoms. The van der Waals surface area contributed by atoms with E-state index in [2.05, 4.69) is 32.9 Å². The van der Waals surface area contributed by atoms with Crippen molar-refractivity contribution in [3.63, 3.8) is 0 Å². The quantitative estimate of drug-likeness (QED) is 0.301. The third kappa shape index (κ3) is 2.40. The van der Waals surface area contributed by atoms with Crippen molar-refractivity contribution in [1.82, 2.24) is 0 Å². The van der Waals surface area contributed by atoms with Crippen LogP contribution in [-0.4, -0.2) is 0 Å². The summed E-state index contributed by atoms with van der Waals surface area (Å²) in [5.41, 5.74) is 6.39. The number of hydrogen-bond acceptors (Lipinski definition) is 0. The maximum Gasteiger partial charge on any atom is 0.221 e. The van der Waals surface area contributed by atoms with Crippen molar-refractivity contribution in [2.24, 2.45) is 7.05 Å². The van der Waals surface area contributed by atoms with E-state index in [1.165, 1.54) is 16.7 Å². The van der Waals surface area contributed by atoms with Crippen LogP contribution < -0.4 is 4.57 Å². The summed E-state index contributed by atoms with van der Waals surface area (Å²) in [5.74, 6) is -0.333. The van der Waals surface area contributed by atoms with Gasteiger partial charge in [-0.05, 0) is 54.8 Å². The number of fused-ring (bicyclic) bond motifs is 3. The lowest BCUT2D eigenvalue weighted by atomic mass is 9.92. The minimum absolute atomic E-state index is 0.251. The highest BCUT2D eigenvalue weighted by Gasteiger charge is 2.24. The van der Waals surface area contributed by atoms with Crippen molar-refractivity contribution >= 4 is 21.5 Å². The molecule has 0 aliphatic carbocycles. The topological polar surface area (TPSA) is 3.88 Å². The van der Waals surface area contributed by atoms with Crippen LogP contribution in [0.1, 0.15) is 23.8 Å². The summed E-state index contributed by atoms with van der Waals surface area (Å²) in [5, 5.41) is 3.05. The Kier molecular flexibility index (Phi) is 3.53. The second kappa shape index (κ2) is 5.91. The van der Waals surface area contributed by atoms with E-state index in [1.807, 2.05) is 42.8 Å². The molecule has 4 rings (SSSR count). The summed E-state index contributed by atoms with van der Waals surface area (Å²) < 4.78 is 25.7. The molecule has 130 valence electrons. The lowest BCUT2D eigenvalue weighted by Crippen LogP contribution is -2.35. The fourth-order valence-corrected chi connectivity index (χ4v) is 3.88. The van der Waals surface area contributed by atoms with Crippen molar-refractivity contribution < 1.29 is 10.3 Å². The Morgan fingerprint density at radius 2 is 1.69 bits per heavy atom. The van der Waals surface area contributed by atoms with Gasteiger partial charge in [0.15, 0.2) is 5.69 Å². The predicted octanol–water partition coefficient (Wildman–Crippen LogP) is 5.86. The van der Waals surface area contributed by atoms with Crippen molar-refractivity contribution in [3.8, 4) is 11.3 Å². The Labute approximate surface area is 155 Å². The molecule has 0 spiro atoms.